The molecule has 1 aromatic rings. The minimum Gasteiger partial charge on any atom is -0.480 e. The predicted molar refractivity (Wildman–Crippen MR) is 74.9 cm³/mol. The van der Waals surface area contributed by atoms with Crippen LogP contribution in [-0.2, 0) is 19.6 Å². The fourth-order valence-electron chi connectivity index (χ4n) is 1.89. The summed E-state index contributed by atoms with van der Waals surface area (Å²) in [7, 11) is -2.93. The van der Waals surface area contributed by atoms with Crippen LogP contribution in [0.1, 0.15) is 10.4 Å². The van der Waals surface area contributed by atoms with Crippen molar-refractivity contribution in [3.05, 3.63) is 23.8 Å². The van der Waals surface area contributed by atoms with Crippen molar-refractivity contribution in [2.45, 2.75) is 4.90 Å². The molecule has 2 amide bonds. The van der Waals surface area contributed by atoms with Gasteiger partial charge in [0.1, 0.15) is 6.54 Å². The maximum atomic E-state index is 12.3. The first-order valence-electron chi connectivity index (χ1n) is 6.12. The summed E-state index contributed by atoms with van der Waals surface area (Å²) >= 11 is 0. The lowest BCUT2D eigenvalue weighted by Gasteiger charge is -2.16. The maximum absolute atomic E-state index is 12.3. The molecule has 22 heavy (non-hydrogen) atoms. The predicted octanol–water partition coefficient (Wildman–Crippen LogP) is -0.926. The second kappa shape index (κ2) is 5.73. The van der Waals surface area contributed by atoms with Gasteiger partial charge in [0.15, 0.2) is 0 Å². The van der Waals surface area contributed by atoms with Crippen LogP contribution >= 0.6 is 0 Å². The summed E-state index contributed by atoms with van der Waals surface area (Å²) in [5, 5.41) is 13.5. The van der Waals surface area contributed by atoms with Crippen LogP contribution in [-0.4, -0.2) is 55.8 Å². The molecule has 0 atom stereocenters. The third-order valence-electron chi connectivity index (χ3n) is 2.99. The molecule has 9 nitrogen and oxygen atoms in total. The number of sulfonamides is 1. The molecule has 1 aromatic carbocycles. The largest absolute Gasteiger partial charge is 0.480 e. The molecule has 118 valence electrons. The smallest absolute Gasteiger partial charge is 0.318 e. The Hall–Kier alpha value is -2.46. The number of benzene rings is 1. The zero-order chi connectivity index (χ0) is 16.5. The van der Waals surface area contributed by atoms with Gasteiger partial charge >= 0.3 is 5.97 Å². The van der Waals surface area contributed by atoms with Crippen molar-refractivity contribution in [1.29, 1.82) is 0 Å². The van der Waals surface area contributed by atoms with Gasteiger partial charge in [-0.3, -0.25) is 14.4 Å². The van der Waals surface area contributed by atoms with E-state index in [1.54, 1.807) is 0 Å². The highest BCUT2D eigenvalue weighted by atomic mass is 32.2. The summed E-state index contributed by atoms with van der Waals surface area (Å²) in [4.78, 5) is 33.7. The summed E-state index contributed by atoms with van der Waals surface area (Å²) in [6, 6.07) is 3.59. The molecular weight excluding hydrogens is 314 g/mol. The van der Waals surface area contributed by atoms with Gasteiger partial charge in [-0.2, -0.15) is 4.31 Å². The van der Waals surface area contributed by atoms with Crippen molar-refractivity contribution in [3.63, 3.8) is 0 Å². The third kappa shape index (κ3) is 3.07. The lowest BCUT2D eigenvalue weighted by atomic mass is 10.1. The van der Waals surface area contributed by atoms with Gasteiger partial charge in [0.25, 0.3) is 5.91 Å². The molecule has 10 heteroatoms. The van der Waals surface area contributed by atoms with E-state index in [0.717, 1.165) is 13.1 Å². The van der Waals surface area contributed by atoms with E-state index in [4.69, 9.17) is 5.11 Å². The van der Waals surface area contributed by atoms with E-state index in [9.17, 15) is 22.8 Å². The van der Waals surface area contributed by atoms with E-state index in [1.165, 1.54) is 12.1 Å². The van der Waals surface area contributed by atoms with Crippen LogP contribution in [0.2, 0.25) is 0 Å². The number of hydrogen-bond acceptors (Lipinski definition) is 5. The number of rotatable bonds is 4. The molecular formula is C12H13N3O6S. The van der Waals surface area contributed by atoms with Gasteiger partial charge < -0.3 is 15.7 Å². The van der Waals surface area contributed by atoms with Gasteiger partial charge in [0, 0.05) is 7.05 Å². The van der Waals surface area contributed by atoms with Crippen LogP contribution in [0.4, 0.5) is 5.69 Å². The molecule has 0 aromatic heterocycles. The molecule has 1 aliphatic rings. The number of carbonyl (C=O) groups excluding carboxylic acids is 2. The minimum atomic E-state index is -4.06. The second-order valence-corrected chi connectivity index (χ2v) is 6.64. The van der Waals surface area contributed by atoms with Crippen LogP contribution in [0, 0.1) is 0 Å². The molecule has 0 saturated heterocycles. The second-order valence-electron chi connectivity index (χ2n) is 4.59. The molecule has 3 N–H and O–H groups in total. The Balaban J connectivity index is 2.44. The van der Waals surface area contributed by atoms with E-state index < -0.39 is 34.4 Å². The molecule has 0 aliphatic carbocycles. The lowest BCUT2D eigenvalue weighted by Crippen LogP contribution is -2.32. The molecule has 0 bridgehead atoms. The molecule has 1 aliphatic heterocycles. The highest BCUT2D eigenvalue weighted by Gasteiger charge is 2.26. The van der Waals surface area contributed by atoms with Gasteiger partial charge in [0.2, 0.25) is 15.9 Å². The third-order valence-corrected chi connectivity index (χ3v) is 4.78. The van der Waals surface area contributed by atoms with E-state index >= 15 is 0 Å². The number of carboxylic acids is 1. The van der Waals surface area contributed by atoms with E-state index in [0.29, 0.717) is 4.31 Å². The molecule has 1 heterocycles. The highest BCUT2D eigenvalue weighted by molar-refractivity contribution is 7.89. The molecule has 0 unspecified atom stereocenters. The van der Waals surface area contributed by atoms with Crippen molar-refractivity contribution in [1.82, 2.24) is 9.62 Å². The SMILES string of the molecule is CN(CC(=O)O)S(=O)(=O)c1ccc2c(c1)C(=O)NCC(=O)N2. The first-order chi connectivity index (χ1) is 10.2. The normalized spacial score (nSPS) is 14.8. The highest BCUT2D eigenvalue weighted by Crippen LogP contribution is 2.23. The molecule has 0 fully saturated rings. The Morgan fingerprint density at radius 2 is 2.05 bits per heavy atom. The molecule has 2 rings (SSSR count). The number of anilines is 1. The fourth-order valence-corrected chi connectivity index (χ4v) is 3.03. The van der Waals surface area contributed by atoms with E-state index in [2.05, 4.69) is 10.6 Å². The number of nitrogens with one attached hydrogen (secondary N) is 2. The van der Waals surface area contributed by atoms with Gasteiger partial charge in [-0.25, -0.2) is 8.42 Å². The maximum Gasteiger partial charge on any atom is 0.318 e. The Morgan fingerprint density at radius 1 is 1.36 bits per heavy atom. The van der Waals surface area contributed by atoms with Crippen molar-refractivity contribution in [2.24, 2.45) is 0 Å². The van der Waals surface area contributed by atoms with Crippen LogP contribution < -0.4 is 10.6 Å². The summed E-state index contributed by atoms with van der Waals surface area (Å²) in [6.45, 7) is -0.920. The number of likely N-dealkylation sites (N-methyl/N-ethyl adjacent to an activating group) is 1. The Labute approximate surface area is 126 Å². The first-order valence-corrected chi connectivity index (χ1v) is 7.56. The quantitative estimate of drug-likeness (QED) is 0.654. The molecule has 0 radical (unpaired) electrons. The van der Waals surface area contributed by atoms with Crippen LogP contribution in [0.15, 0.2) is 23.1 Å². The Morgan fingerprint density at radius 3 is 2.68 bits per heavy atom. The number of fused-ring (bicyclic) bond motifs is 1. The first kappa shape index (κ1) is 15.9. The Kier molecular flexibility index (Phi) is 4.15. The number of amides is 2. The number of nitrogens with zero attached hydrogens (tertiary/aromatic N) is 1. The van der Waals surface area contributed by atoms with Crippen molar-refractivity contribution in [2.75, 3.05) is 25.5 Å². The molecule has 0 spiro atoms. The van der Waals surface area contributed by atoms with Crippen molar-refractivity contribution >= 4 is 33.5 Å². The number of aliphatic carboxylic acids is 1. The van der Waals surface area contributed by atoms with Crippen LogP contribution in [0.25, 0.3) is 0 Å². The van der Waals surface area contributed by atoms with E-state index in [1.807, 2.05) is 0 Å². The van der Waals surface area contributed by atoms with E-state index in [-0.39, 0.29) is 22.7 Å². The van der Waals surface area contributed by atoms with Crippen molar-refractivity contribution in [3.8, 4) is 0 Å². The number of hydrogen-bond donors (Lipinski definition) is 3. The lowest BCUT2D eigenvalue weighted by molar-refractivity contribution is -0.137. The summed E-state index contributed by atoms with van der Waals surface area (Å²) in [5.74, 6) is -2.32. The fraction of sp³-hybridized carbons (Fsp3) is 0.250. The summed E-state index contributed by atoms with van der Waals surface area (Å²) in [6.07, 6.45) is 0. The van der Waals surface area contributed by atoms with Gasteiger partial charge in [0.05, 0.1) is 22.7 Å². The average Bonchev–Trinajstić information content (AvgIpc) is 2.57. The monoisotopic (exact) mass is 327 g/mol. The average molecular weight is 327 g/mol. The van der Waals surface area contributed by atoms with Gasteiger partial charge in [-0.1, -0.05) is 0 Å². The standard InChI is InChI=1S/C12H13N3O6S/c1-15(6-11(17)18)22(20,21)7-2-3-9-8(4-7)12(19)13-5-10(16)14-9/h2-4H,5-6H2,1H3,(H,13,19)(H,14,16)(H,17,18). The zero-order valence-corrected chi connectivity index (χ0v) is 12.3. The number of carboxylic acid groups (broad SMARTS) is 1. The summed E-state index contributed by atoms with van der Waals surface area (Å²) in [5.41, 5.74) is 0.190. The topological polar surface area (TPSA) is 133 Å². The molecule has 0 saturated carbocycles. The van der Waals surface area contributed by atoms with Gasteiger partial charge in [-0.15, -0.1) is 0 Å². The number of carbonyl (C=O) groups is 3. The minimum absolute atomic E-state index is 0.00403. The van der Waals surface area contributed by atoms with Crippen molar-refractivity contribution < 1.29 is 27.9 Å². The zero-order valence-electron chi connectivity index (χ0n) is 11.5. The van der Waals surface area contributed by atoms with Crippen LogP contribution in [0.5, 0.6) is 0 Å². The Bertz CT molecular complexity index is 758. The van der Waals surface area contributed by atoms with Gasteiger partial charge in [-0.05, 0) is 18.2 Å². The summed E-state index contributed by atoms with van der Waals surface area (Å²) < 4.78 is 25.2. The van der Waals surface area contributed by atoms with Crippen LogP contribution in [0.3, 0.4) is 0 Å².